The number of ether oxygens (including phenoxy) is 1. The molecule has 2 aromatic rings. The van der Waals surface area contributed by atoms with Gasteiger partial charge in [0.2, 0.25) is 0 Å². The van der Waals surface area contributed by atoms with Crippen molar-refractivity contribution in [2.45, 2.75) is 26.8 Å². The molecule has 1 aliphatic heterocycles. The molecule has 1 heterocycles. The molecule has 1 amide bonds. The third kappa shape index (κ3) is 3.76. The second kappa shape index (κ2) is 7.96. The van der Waals surface area contributed by atoms with Crippen LogP contribution in [0, 0.1) is 0 Å². The number of rotatable bonds is 5. The van der Waals surface area contributed by atoms with Gasteiger partial charge in [0.1, 0.15) is 5.75 Å². The maximum Gasteiger partial charge on any atom is 0.253 e. The van der Waals surface area contributed by atoms with Crippen molar-refractivity contribution in [1.29, 1.82) is 0 Å². The molecule has 6 heteroatoms. The summed E-state index contributed by atoms with van der Waals surface area (Å²) in [5, 5.41) is 9.09. The van der Waals surface area contributed by atoms with Gasteiger partial charge in [0, 0.05) is 18.8 Å². The van der Waals surface area contributed by atoms with Gasteiger partial charge in [-0.25, -0.2) is 0 Å². The third-order valence-corrected chi connectivity index (χ3v) is 5.17. The Kier molecular flexibility index (Phi) is 5.65. The lowest BCUT2D eigenvalue weighted by Crippen LogP contribution is -2.47. The summed E-state index contributed by atoms with van der Waals surface area (Å²) in [5.74, 6) is 0.851. The van der Waals surface area contributed by atoms with Crippen molar-refractivity contribution in [3.8, 4) is 5.75 Å². The van der Waals surface area contributed by atoms with Crippen LogP contribution in [0.15, 0.2) is 47.7 Å². The lowest BCUT2D eigenvalue weighted by Gasteiger charge is -2.33. The average molecular weight is 384 g/mol. The first kappa shape index (κ1) is 19.2. The molecule has 3 rings (SSSR count). The predicted molar refractivity (Wildman–Crippen MR) is 113 cm³/mol. The van der Waals surface area contributed by atoms with Crippen molar-refractivity contribution >= 4 is 34.0 Å². The van der Waals surface area contributed by atoms with Gasteiger partial charge in [-0.2, -0.15) is 0 Å². The summed E-state index contributed by atoms with van der Waals surface area (Å²) in [6.45, 7) is 7.22. The molecule has 2 aromatic carbocycles. The van der Waals surface area contributed by atoms with Gasteiger partial charge in [-0.1, -0.05) is 18.2 Å². The van der Waals surface area contributed by atoms with E-state index in [9.17, 15) is 4.79 Å². The van der Waals surface area contributed by atoms with Crippen LogP contribution in [0.25, 0.3) is 10.8 Å². The van der Waals surface area contributed by atoms with Crippen molar-refractivity contribution < 1.29 is 9.53 Å². The Morgan fingerprint density at radius 3 is 2.48 bits per heavy atom. The lowest BCUT2D eigenvalue weighted by molar-refractivity contribution is -0.127. The number of likely N-dealkylation sites (N-methyl/N-ethyl adjacent to an activating group) is 1. The molecule has 0 aliphatic carbocycles. The number of allylic oxidation sites excluding steroid dienone is 1. The number of carbonyl (C=O) groups is 1. The van der Waals surface area contributed by atoms with Crippen LogP contribution in [0.5, 0.6) is 5.75 Å². The molecule has 0 unspecified atom stereocenters. The summed E-state index contributed by atoms with van der Waals surface area (Å²) < 4.78 is 5.30. The highest BCUT2D eigenvalue weighted by molar-refractivity contribution is 7.80. The highest BCUT2D eigenvalue weighted by Gasteiger charge is 2.31. The van der Waals surface area contributed by atoms with Gasteiger partial charge in [-0.15, -0.1) is 0 Å². The standard InChI is InChI=1S/C21H25N3O2S/c1-5-24(6-2)20(25)18-13(3)22-21(27)23-19(18)16-8-7-15-12-17(26-4)10-9-14(15)11-16/h7-12,19H,5-6H2,1-4H3,(H2,22,23,27)/t19-/m0/s1. The highest BCUT2D eigenvalue weighted by Crippen LogP contribution is 2.31. The molecule has 0 saturated carbocycles. The average Bonchev–Trinajstić information content (AvgIpc) is 2.67. The number of methoxy groups -OCH3 is 1. The van der Waals surface area contributed by atoms with Crippen LogP contribution in [0.2, 0.25) is 0 Å². The van der Waals surface area contributed by atoms with Gasteiger partial charge in [-0.3, -0.25) is 4.79 Å². The summed E-state index contributed by atoms with van der Waals surface area (Å²) in [4.78, 5) is 15.0. The Hall–Kier alpha value is -2.60. The van der Waals surface area contributed by atoms with Crippen molar-refractivity contribution in [2.24, 2.45) is 0 Å². The van der Waals surface area contributed by atoms with Crippen LogP contribution < -0.4 is 15.4 Å². The summed E-state index contributed by atoms with van der Waals surface area (Å²) >= 11 is 5.35. The maximum atomic E-state index is 13.1. The quantitative estimate of drug-likeness (QED) is 0.774. The largest absolute Gasteiger partial charge is 0.497 e. The van der Waals surface area contributed by atoms with Crippen LogP contribution in [0.1, 0.15) is 32.4 Å². The van der Waals surface area contributed by atoms with E-state index < -0.39 is 0 Å². The zero-order valence-electron chi connectivity index (χ0n) is 16.1. The number of benzene rings is 2. The Morgan fingerprint density at radius 2 is 1.81 bits per heavy atom. The molecule has 0 fully saturated rings. The zero-order valence-corrected chi connectivity index (χ0v) is 16.9. The summed E-state index contributed by atoms with van der Waals surface area (Å²) in [7, 11) is 1.66. The minimum Gasteiger partial charge on any atom is -0.497 e. The zero-order chi connectivity index (χ0) is 19.6. The summed E-state index contributed by atoms with van der Waals surface area (Å²) in [5.41, 5.74) is 2.52. The number of hydrogen-bond acceptors (Lipinski definition) is 3. The first-order valence-electron chi connectivity index (χ1n) is 9.13. The van der Waals surface area contributed by atoms with Gasteiger partial charge in [0.05, 0.1) is 18.7 Å². The second-order valence-corrected chi connectivity index (χ2v) is 6.93. The molecule has 0 aromatic heterocycles. The smallest absolute Gasteiger partial charge is 0.253 e. The van der Waals surface area contributed by atoms with Crippen LogP contribution in [-0.4, -0.2) is 36.1 Å². The van der Waals surface area contributed by atoms with E-state index in [0.29, 0.717) is 23.8 Å². The molecule has 1 aliphatic rings. The monoisotopic (exact) mass is 383 g/mol. The Balaban J connectivity index is 2.06. The van der Waals surface area contributed by atoms with Crippen LogP contribution >= 0.6 is 12.2 Å². The molecular formula is C21H25N3O2S. The molecule has 142 valence electrons. The Bertz CT molecular complexity index is 919. The SMILES string of the molecule is CCN(CC)C(=O)C1=C(C)NC(=S)N[C@H]1c1ccc2cc(OC)ccc2c1. The number of fused-ring (bicyclic) bond motifs is 1. The molecule has 1 atom stereocenters. The van der Waals surface area contributed by atoms with Gasteiger partial charge in [-0.05, 0) is 67.5 Å². The van der Waals surface area contributed by atoms with E-state index in [1.54, 1.807) is 7.11 Å². The van der Waals surface area contributed by atoms with E-state index >= 15 is 0 Å². The molecule has 0 bridgehead atoms. The first-order chi connectivity index (χ1) is 13.0. The van der Waals surface area contributed by atoms with Crippen molar-refractivity contribution in [3.63, 3.8) is 0 Å². The third-order valence-electron chi connectivity index (χ3n) is 4.96. The van der Waals surface area contributed by atoms with Crippen molar-refractivity contribution in [1.82, 2.24) is 15.5 Å². The van der Waals surface area contributed by atoms with E-state index in [1.807, 2.05) is 49.9 Å². The summed E-state index contributed by atoms with van der Waals surface area (Å²) in [6, 6.07) is 11.9. The van der Waals surface area contributed by atoms with Crippen LogP contribution in [-0.2, 0) is 4.79 Å². The van der Waals surface area contributed by atoms with Gasteiger partial charge in [0.15, 0.2) is 5.11 Å². The number of hydrogen-bond donors (Lipinski definition) is 2. The first-order valence-corrected chi connectivity index (χ1v) is 9.54. The van der Waals surface area contributed by atoms with Gasteiger partial charge in [0.25, 0.3) is 5.91 Å². The van der Waals surface area contributed by atoms with Crippen LogP contribution in [0.4, 0.5) is 0 Å². The predicted octanol–water partition coefficient (Wildman–Crippen LogP) is 3.51. The molecular weight excluding hydrogens is 358 g/mol. The van der Waals surface area contributed by atoms with E-state index in [-0.39, 0.29) is 11.9 Å². The number of nitrogens with one attached hydrogen (secondary N) is 2. The Morgan fingerprint density at radius 1 is 1.15 bits per heavy atom. The highest BCUT2D eigenvalue weighted by atomic mass is 32.1. The normalized spacial score (nSPS) is 16.7. The number of nitrogens with zero attached hydrogens (tertiary/aromatic N) is 1. The lowest BCUT2D eigenvalue weighted by atomic mass is 9.93. The Labute approximate surface area is 165 Å². The van der Waals surface area contributed by atoms with Crippen molar-refractivity contribution in [3.05, 3.63) is 53.2 Å². The van der Waals surface area contributed by atoms with E-state index in [4.69, 9.17) is 17.0 Å². The van der Waals surface area contributed by atoms with E-state index in [2.05, 4.69) is 22.8 Å². The maximum absolute atomic E-state index is 13.1. The number of carbonyl (C=O) groups excluding carboxylic acids is 1. The molecule has 27 heavy (non-hydrogen) atoms. The van der Waals surface area contributed by atoms with E-state index in [1.165, 1.54) is 0 Å². The second-order valence-electron chi connectivity index (χ2n) is 6.52. The minimum atomic E-state index is -0.279. The molecule has 0 spiro atoms. The number of thiocarbonyl (C=S) groups is 1. The fraction of sp³-hybridized carbons (Fsp3) is 0.333. The van der Waals surface area contributed by atoms with E-state index in [0.717, 1.165) is 27.8 Å². The van der Waals surface area contributed by atoms with Crippen molar-refractivity contribution in [2.75, 3.05) is 20.2 Å². The van der Waals surface area contributed by atoms with Gasteiger partial charge < -0.3 is 20.3 Å². The minimum absolute atomic E-state index is 0.0276. The molecule has 5 nitrogen and oxygen atoms in total. The molecule has 0 radical (unpaired) electrons. The topological polar surface area (TPSA) is 53.6 Å². The molecule has 2 N–H and O–H groups in total. The van der Waals surface area contributed by atoms with Crippen LogP contribution in [0.3, 0.4) is 0 Å². The molecule has 0 saturated heterocycles. The number of amides is 1. The fourth-order valence-electron chi connectivity index (χ4n) is 3.46. The van der Waals surface area contributed by atoms with Gasteiger partial charge >= 0.3 is 0 Å². The summed E-state index contributed by atoms with van der Waals surface area (Å²) in [6.07, 6.45) is 0. The fourth-order valence-corrected chi connectivity index (χ4v) is 3.73.